The Morgan fingerprint density at radius 1 is 0.960 bits per heavy atom. The summed E-state index contributed by atoms with van der Waals surface area (Å²) in [6, 6.07) is 19.6. The summed E-state index contributed by atoms with van der Waals surface area (Å²) in [5, 5.41) is 0.609. The molecule has 0 saturated heterocycles. The van der Waals surface area contributed by atoms with Crippen LogP contribution in [-0.2, 0) is 0 Å². The van der Waals surface area contributed by atoms with Crippen LogP contribution in [-0.4, -0.2) is 22.3 Å². The van der Waals surface area contributed by atoms with Crippen LogP contribution < -0.4 is 10.3 Å². The average Bonchev–Trinajstić information content (AvgIpc) is 2.65. The maximum Gasteiger partial charge on any atom is 0.251 e. The third kappa shape index (κ3) is 5.65. The molecule has 0 aliphatic carbocycles. The SMILES string of the molecule is O=c1ccnc(SCCOc2ccc(/C=C/c3ccccc3)cc2)[nH]1. The van der Waals surface area contributed by atoms with Gasteiger partial charge in [-0.05, 0) is 23.3 Å². The molecule has 0 radical (unpaired) electrons. The van der Waals surface area contributed by atoms with Crippen LogP contribution >= 0.6 is 11.8 Å². The Balaban J connectivity index is 1.46. The summed E-state index contributed by atoms with van der Waals surface area (Å²) in [7, 11) is 0. The minimum absolute atomic E-state index is 0.141. The summed E-state index contributed by atoms with van der Waals surface area (Å²) < 4.78 is 5.71. The van der Waals surface area contributed by atoms with Gasteiger partial charge in [-0.15, -0.1) is 0 Å². The summed E-state index contributed by atoms with van der Waals surface area (Å²) >= 11 is 1.46. The molecule has 3 aromatic rings. The molecule has 2 aromatic carbocycles. The number of aromatic nitrogens is 2. The molecule has 0 aliphatic heterocycles. The quantitative estimate of drug-likeness (QED) is 0.301. The second kappa shape index (κ2) is 8.89. The number of rotatable bonds is 7. The van der Waals surface area contributed by atoms with Gasteiger partial charge in [0.25, 0.3) is 5.56 Å². The molecule has 25 heavy (non-hydrogen) atoms. The van der Waals surface area contributed by atoms with Crippen LogP contribution in [0.3, 0.4) is 0 Å². The van der Waals surface area contributed by atoms with Gasteiger partial charge in [0.05, 0.1) is 6.61 Å². The fourth-order valence-electron chi connectivity index (χ4n) is 2.15. The van der Waals surface area contributed by atoms with E-state index in [4.69, 9.17) is 4.74 Å². The number of hydrogen-bond donors (Lipinski definition) is 1. The van der Waals surface area contributed by atoms with Gasteiger partial charge in [-0.2, -0.15) is 0 Å². The first-order chi connectivity index (χ1) is 12.3. The van der Waals surface area contributed by atoms with Crippen molar-refractivity contribution >= 4 is 23.9 Å². The van der Waals surface area contributed by atoms with Crippen molar-refractivity contribution in [3.05, 3.63) is 88.3 Å². The summed E-state index contributed by atoms with van der Waals surface area (Å²) in [4.78, 5) is 17.9. The zero-order chi connectivity index (χ0) is 17.3. The van der Waals surface area contributed by atoms with E-state index in [1.807, 2.05) is 42.5 Å². The number of ether oxygens (including phenoxy) is 1. The number of thioether (sulfide) groups is 1. The Kier molecular flexibility index (Phi) is 6.06. The summed E-state index contributed by atoms with van der Waals surface area (Å²) in [5.74, 6) is 1.54. The lowest BCUT2D eigenvalue weighted by molar-refractivity contribution is 0.344. The van der Waals surface area contributed by atoms with Crippen molar-refractivity contribution in [2.45, 2.75) is 5.16 Å². The first-order valence-corrected chi connectivity index (χ1v) is 8.92. The van der Waals surface area contributed by atoms with E-state index in [0.717, 1.165) is 11.3 Å². The van der Waals surface area contributed by atoms with Crippen LogP contribution in [0.4, 0.5) is 0 Å². The molecule has 1 N–H and O–H groups in total. The first-order valence-electron chi connectivity index (χ1n) is 7.94. The summed E-state index contributed by atoms with van der Waals surface area (Å²) in [6.07, 6.45) is 5.66. The molecule has 126 valence electrons. The number of H-pyrrole nitrogens is 1. The molecule has 3 rings (SSSR count). The van der Waals surface area contributed by atoms with E-state index in [-0.39, 0.29) is 5.56 Å². The molecule has 0 atom stereocenters. The highest BCUT2D eigenvalue weighted by Crippen LogP contribution is 2.16. The van der Waals surface area contributed by atoms with E-state index < -0.39 is 0 Å². The lowest BCUT2D eigenvalue weighted by Crippen LogP contribution is -2.07. The highest BCUT2D eigenvalue weighted by molar-refractivity contribution is 7.99. The van der Waals surface area contributed by atoms with Gasteiger partial charge in [0, 0.05) is 18.0 Å². The normalized spacial score (nSPS) is 10.9. The van der Waals surface area contributed by atoms with Gasteiger partial charge in [0.2, 0.25) is 0 Å². The second-order valence-corrected chi connectivity index (χ2v) is 6.33. The molecule has 0 unspecified atom stereocenters. The maximum atomic E-state index is 11.2. The molecule has 5 heteroatoms. The van der Waals surface area contributed by atoms with Crippen LogP contribution in [0.25, 0.3) is 12.2 Å². The Labute approximate surface area is 150 Å². The lowest BCUT2D eigenvalue weighted by Gasteiger charge is -2.06. The highest BCUT2D eigenvalue weighted by atomic mass is 32.2. The maximum absolute atomic E-state index is 11.2. The molecule has 1 heterocycles. The minimum Gasteiger partial charge on any atom is -0.493 e. The molecule has 0 bridgehead atoms. The standard InChI is InChI=1S/C20H18N2O2S/c23-19-12-13-21-20(22-19)25-15-14-24-18-10-8-17(9-11-18)7-6-16-4-2-1-3-5-16/h1-13H,14-15H2,(H,21,22,23)/b7-6+. The van der Waals surface area contributed by atoms with Crippen molar-refractivity contribution in [2.75, 3.05) is 12.4 Å². The molecule has 0 amide bonds. The van der Waals surface area contributed by atoms with E-state index in [1.54, 1.807) is 0 Å². The van der Waals surface area contributed by atoms with Gasteiger partial charge in [-0.3, -0.25) is 4.79 Å². The molecule has 1 aromatic heterocycles. The van der Waals surface area contributed by atoms with E-state index in [9.17, 15) is 4.79 Å². The van der Waals surface area contributed by atoms with Crippen molar-refractivity contribution in [1.29, 1.82) is 0 Å². The summed E-state index contributed by atoms with van der Waals surface area (Å²) in [5.41, 5.74) is 2.15. The fourth-order valence-corrected chi connectivity index (χ4v) is 2.82. The number of nitrogens with zero attached hydrogens (tertiary/aromatic N) is 1. The van der Waals surface area contributed by atoms with Gasteiger partial charge < -0.3 is 9.72 Å². The van der Waals surface area contributed by atoms with Gasteiger partial charge in [-0.1, -0.05) is 66.4 Å². The molecule has 0 fully saturated rings. The van der Waals surface area contributed by atoms with Gasteiger partial charge in [-0.25, -0.2) is 4.98 Å². The number of hydrogen-bond acceptors (Lipinski definition) is 4. The molecule has 0 aliphatic rings. The van der Waals surface area contributed by atoms with Crippen LogP contribution in [0.1, 0.15) is 11.1 Å². The molecule has 0 saturated carbocycles. The van der Waals surface area contributed by atoms with E-state index in [0.29, 0.717) is 17.5 Å². The fraction of sp³-hybridized carbons (Fsp3) is 0.100. The third-order valence-corrected chi connectivity index (χ3v) is 4.24. The van der Waals surface area contributed by atoms with Crippen molar-refractivity contribution in [1.82, 2.24) is 9.97 Å². The third-order valence-electron chi connectivity index (χ3n) is 3.39. The smallest absolute Gasteiger partial charge is 0.251 e. The Morgan fingerprint density at radius 3 is 2.40 bits per heavy atom. The molecular formula is C20H18N2O2S. The van der Waals surface area contributed by atoms with Gasteiger partial charge in [0.15, 0.2) is 5.16 Å². The first kappa shape index (κ1) is 17.0. The van der Waals surface area contributed by atoms with Crippen molar-refractivity contribution in [2.24, 2.45) is 0 Å². The van der Waals surface area contributed by atoms with Crippen molar-refractivity contribution < 1.29 is 4.74 Å². The topological polar surface area (TPSA) is 55.0 Å². The van der Waals surface area contributed by atoms with Crippen molar-refractivity contribution in [3.8, 4) is 5.75 Å². The zero-order valence-electron chi connectivity index (χ0n) is 13.6. The lowest BCUT2D eigenvalue weighted by atomic mass is 10.1. The second-order valence-electron chi connectivity index (χ2n) is 5.25. The van der Waals surface area contributed by atoms with Gasteiger partial charge in [0.1, 0.15) is 5.75 Å². The van der Waals surface area contributed by atoms with Crippen LogP contribution in [0.15, 0.2) is 76.8 Å². The number of benzene rings is 2. The number of nitrogens with one attached hydrogen (secondary N) is 1. The largest absolute Gasteiger partial charge is 0.493 e. The highest BCUT2D eigenvalue weighted by Gasteiger charge is 1.98. The predicted octanol–water partition coefficient (Wildman–Crippen LogP) is 4.11. The van der Waals surface area contributed by atoms with Crippen LogP contribution in [0.5, 0.6) is 5.75 Å². The van der Waals surface area contributed by atoms with Crippen LogP contribution in [0, 0.1) is 0 Å². The van der Waals surface area contributed by atoms with Gasteiger partial charge >= 0.3 is 0 Å². The Hall–Kier alpha value is -2.79. The monoisotopic (exact) mass is 350 g/mol. The average molecular weight is 350 g/mol. The Bertz CT molecular complexity index is 874. The van der Waals surface area contributed by atoms with Crippen molar-refractivity contribution in [3.63, 3.8) is 0 Å². The minimum atomic E-state index is -0.141. The molecule has 0 spiro atoms. The molecular weight excluding hydrogens is 332 g/mol. The van der Waals surface area contributed by atoms with E-state index in [1.165, 1.54) is 29.6 Å². The predicted molar refractivity (Wildman–Crippen MR) is 103 cm³/mol. The van der Waals surface area contributed by atoms with E-state index in [2.05, 4.69) is 34.3 Å². The number of aromatic amines is 1. The molecule has 4 nitrogen and oxygen atoms in total. The summed E-state index contributed by atoms with van der Waals surface area (Å²) in [6.45, 7) is 0.544. The van der Waals surface area contributed by atoms with Crippen LogP contribution in [0.2, 0.25) is 0 Å². The zero-order valence-corrected chi connectivity index (χ0v) is 14.4. The van der Waals surface area contributed by atoms with E-state index >= 15 is 0 Å². The Morgan fingerprint density at radius 2 is 1.68 bits per heavy atom.